The van der Waals surface area contributed by atoms with Crippen LogP contribution in [0.25, 0.3) is 0 Å². The van der Waals surface area contributed by atoms with Crippen LogP contribution < -0.4 is 10.5 Å². The van der Waals surface area contributed by atoms with Gasteiger partial charge in [0.1, 0.15) is 12.6 Å². The summed E-state index contributed by atoms with van der Waals surface area (Å²) in [5.41, 5.74) is 3.24. The molecule has 0 aromatic heterocycles. The summed E-state index contributed by atoms with van der Waals surface area (Å²) < 4.78 is 25.6. The van der Waals surface area contributed by atoms with Gasteiger partial charge in [0.25, 0.3) is 5.69 Å². The number of quaternary nitrogens is 1. The van der Waals surface area contributed by atoms with Gasteiger partial charge in [-0.2, -0.15) is 0 Å². The topological polar surface area (TPSA) is 137 Å². The van der Waals surface area contributed by atoms with Crippen molar-refractivity contribution in [3.8, 4) is 0 Å². The highest BCUT2D eigenvalue weighted by Crippen LogP contribution is 2.15. The second-order valence-electron chi connectivity index (χ2n) is 3.55. The molecule has 0 bridgehead atoms. The number of sulfonamides is 1. The quantitative estimate of drug-likeness (QED) is 0.428. The van der Waals surface area contributed by atoms with Crippen LogP contribution in [0, 0.1) is 10.1 Å². The number of nitrogens with one attached hydrogen (secondary N) is 1. The van der Waals surface area contributed by atoms with E-state index in [0.29, 0.717) is 0 Å². The van der Waals surface area contributed by atoms with Gasteiger partial charge in [0.15, 0.2) is 0 Å². The Morgan fingerprint density at radius 1 is 1.39 bits per heavy atom. The van der Waals surface area contributed by atoms with Gasteiger partial charge in [0.05, 0.1) is 9.82 Å². The number of nitro groups is 1. The standard InChI is InChI=1S/C9H13N3O5S/c10-5-8(13)6-11-18(16,17)9-3-1-7(2-4-9)12(14)15/h1-4,8,11,13H,5-6,10H2/p+1. The van der Waals surface area contributed by atoms with Gasteiger partial charge >= 0.3 is 0 Å². The van der Waals surface area contributed by atoms with Crippen LogP contribution in [0.1, 0.15) is 0 Å². The average molecular weight is 276 g/mol. The highest BCUT2D eigenvalue weighted by atomic mass is 32.2. The summed E-state index contributed by atoms with van der Waals surface area (Å²) in [7, 11) is -3.77. The fourth-order valence-corrected chi connectivity index (χ4v) is 2.21. The highest BCUT2D eigenvalue weighted by molar-refractivity contribution is 7.89. The van der Waals surface area contributed by atoms with E-state index in [1.54, 1.807) is 0 Å². The van der Waals surface area contributed by atoms with Gasteiger partial charge in [0.2, 0.25) is 10.0 Å². The third-order valence-electron chi connectivity index (χ3n) is 2.20. The van der Waals surface area contributed by atoms with E-state index in [2.05, 4.69) is 10.5 Å². The first-order chi connectivity index (χ1) is 8.36. The number of aliphatic hydroxyl groups is 1. The molecule has 0 amide bonds. The van der Waals surface area contributed by atoms with Crippen molar-refractivity contribution >= 4 is 15.7 Å². The Morgan fingerprint density at radius 2 is 1.94 bits per heavy atom. The van der Waals surface area contributed by atoms with Crippen LogP contribution in [0.3, 0.4) is 0 Å². The van der Waals surface area contributed by atoms with Gasteiger partial charge in [-0.15, -0.1) is 0 Å². The number of aliphatic hydroxyl groups excluding tert-OH is 1. The second kappa shape index (κ2) is 5.87. The first-order valence-corrected chi connectivity index (χ1v) is 6.56. The largest absolute Gasteiger partial charge is 0.386 e. The molecule has 18 heavy (non-hydrogen) atoms. The molecule has 0 spiro atoms. The molecule has 1 aromatic carbocycles. The van der Waals surface area contributed by atoms with Crippen molar-refractivity contribution in [3.05, 3.63) is 34.4 Å². The maximum atomic E-state index is 11.7. The molecular formula is C9H14N3O5S+. The van der Waals surface area contributed by atoms with Crippen molar-refractivity contribution in [1.29, 1.82) is 0 Å². The van der Waals surface area contributed by atoms with E-state index >= 15 is 0 Å². The summed E-state index contributed by atoms with van der Waals surface area (Å²) in [5, 5.41) is 19.6. The zero-order valence-electron chi connectivity index (χ0n) is 9.44. The Labute approximate surface area is 104 Å². The number of hydrogen-bond acceptors (Lipinski definition) is 5. The minimum Gasteiger partial charge on any atom is -0.386 e. The number of rotatable bonds is 6. The van der Waals surface area contributed by atoms with Gasteiger partial charge in [-0.25, -0.2) is 13.1 Å². The predicted octanol–water partition coefficient (Wildman–Crippen LogP) is -1.52. The number of non-ortho nitro benzene ring substituents is 1. The Kier molecular flexibility index (Phi) is 4.73. The third kappa shape index (κ3) is 3.74. The molecule has 0 fully saturated rings. The van der Waals surface area contributed by atoms with Crippen LogP contribution in [-0.4, -0.2) is 37.6 Å². The molecule has 0 saturated heterocycles. The molecule has 0 radical (unpaired) electrons. The molecule has 0 saturated carbocycles. The number of hydrogen-bond donors (Lipinski definition) is 3. The van der Waals surface area contributed by atoms with Crippen LogP contribution in [-0.2, 0) is 10.0 Å². The summed E-state index contributed by atoms with van der Waals surface area (Å²) in [6.07, 6.45) is -0.863. The summed E-state index contributed by atoms with van der Waals surface area (Å²) in [6.45, 7) is 0.0333. The Morgan fingerprint density at radius 3 is 2.39 bits per heavy atom. The second-order valence-corrected chi connectivity index (χ2v) is 5.31. The van der Waals surface area contributed by atoms with Gasteiger partial charge in [-0.05, 0) is 12.1 Å². The molecule has 0 aliphatic rings. The summed E-state index contributed by atoms with van der Waals surface area (Å²) in [5.74, 6) is 0. The molecule has 0 heterocycles. The number of nitrogens with zero attached hydrogens (tertiary/aromatic N) is 1. The molecule has 0 aliphatic heterocycles. The predicted molar refractivity (Wildman–Crippen MR) is 62.0 cm³/mol. The van der Waals surface area contributed by atoms with E-state index in [4.69, 9.17) is 0 Å². The first-order valence-electron chi connectivity index (χ1n) is 5.08. The van der Waals surface area contributed by atoms with Crippen LogP contribution in [0.2, 0.25) is 0 Å². The molecule has 1 aromatic rings. The fraction of sp³-hybridized carbons (Fsp3) is 0.333. The van der Waals surface area contributed by atoms with Crippen molar-refractivity contribution in [2.24, 2.45) is 0 Å². The molecule has 100 valence electrons. The van der Waals surface area contributed by atoms with Crippen molar-refractivity contribution < 1.29 is 24.2 Å². The fourth-order valence-electron chi connectivity index (χ4n) is 1.14. The minimum atomic E-state index is -3.77. The average Bonchev–Trinajstić information content (AvgIpc) is 2.36. The highest BCUT2D eigenvalue weighted by Gasteiger charge is 2.17. The van der Waals surface area contributed by atoms with Crippen LogP contribution >= 0.6 is 0 Å². The lowest BCUT2D eigenvalue weighted by molar-refractivity contribution is -0.384. The Bertz CT molecular complexity index is 514. The number of nitro benzene ring substituents is 1. The third-order valence-corrected chi connectivity index (χ3v) is 3.64. The SMILES string of the molecule is [NH3+]CC(O)CNS(=O)(=O)c1ccc([N+](=O)[O-])cc1. The molecule has 5 N–H and O–H groups in total. The lowest BCUT2D eigenvalue weighted by atomic mass is 10.3. The maximum Gasteiger partial charge on any atom is 0.269 e. The van der Waals surface area contributed by atoms with Crippen molar-refractivity contribution in [2.75, 3.05) is 13.1 Å². The van der Waals surface area contributed by atoms with Gasteiger partial charge in [-0.3, -0.25) is 10.1 Å². The van der Waals surface area contributed by atoms with E-state index < -0.39 is 21.1 Å². The monoisotopic (exact) mass is 276 g/mol. The smallest absolute Gasteiger partial charge is 0.269 e. The lowest BCUT2D eigenvalue weighted by Crippen LogP contribution is -2.57. The molecule has 9 heteroatoms. The van der Waals surface area contributed by atoms with E-state index in [1.165, 1.54) is 0 Å². The van der Waals surface area contributed by atoms with Gasteiger partial charge in [-0.1, -0.05) is 0 Å². The Hall–Kier alpha value is -1.55. The lowest BCUT2D eigenvalue weighted by Gasteiger charge is -2.08. The molecule has 1 atom stereocenters. The molecule has 0 aliphatic carbocycles. The minimum absolute atomic E-state index is 0.0932. The normalized spacial score (nSPS) is 13.2. The van der Waals surface area contributed by atoms with Crippen LogP contribution in [0.4, 0.5) is 5.69 Å². The van der Waals surface area contributed by atoms with Crippen molar-refractivity contribution in [2.45, 2.75) is 11.0 Å². The number of benzene rings is 1. The zero-order chi connectivity index (χ0) is 13.8. The van der Waals surface area contributed by atoms with Crippen molar-refractivity contribution in [1.82, 2.24) is 4.72 Å². The van der Waals surface area contributed by atoms with Crippen LogP contribution in [0.15, 0.2) is 29.2 Å². The van der Waals surface area contributed by atoms with E-state index in [-0.39, 0.29) is 23.7 Å². The molecule has 1 unspecified atom stereocenters. The van der Waals surface area contributed by atoms with E-state index in [9.17, 15) is 23.6 Å². The molecule has 1 rings (SSSR count). The van der Waals surface area contributed by atoms with Crippen LogP contribution in [0.5, 0.6) is 0 Å². The van der Waals surface area contributed by atoms with Crippen molar-refractivity contribution in [3.63, 3.8) is 0 Å². The summed E-state index contributed by atoms with van der Waals surface area (Å²) >= 11 is 0. The summed E-state index contributed by atoms with van der Waals surface area (Å²) in [4.78, 5) is 9.71. The molecule has 8 nitrogen and oxygen atoms in total. The Balaban J connectivity index is 2.82. The first kappa shape index (κ1) is 14.5. The van der Waals surface area contributed by atoms with E-state index in [0.717, 1.165) is 24.3 Å². The summed E-state index contributed by atoms with van der Waals surface area (Å²) in [6, 6.07) is 4.48. The zero-order valence-corrected chi connectivity index (χ0v) is 10.3. The van der Waals surface area contributed by atoms with Gasteiger partial charge < -0.3 is 10.8 Å². The molecular weight excluding hydrogens is 262 g/mol. The van der Waals surface area contributed by atoms with Gasteiger partial charge in [0, 0.05) is 18.7 Å². The van der Waals surface area contributed by atoms with E-state index in [1.807, 2.05) is 0 Å². The maximum absolute atomic E-state index is 11.7.